The highest BCUT2D eigenvalue weighted by atomic mass is 16.5. The van der Waals surface area contributed by atoms with Gasteiger partial charge >= 0.3 is 0 Å². The Hall–Kier alpha value is -1.06. The summed E-state index contributed by atoms with van der Waals surface area (Å²) in [6.07, 6.45) is 4.73. The van der Waals surface area contributed by atoms with E-state index in [2.05, 4.69) is 48.0 Å². The molecule has 118 valence electrons. The highest BCUT2D eigenvalue weighted by molar-refractivity contribution is 5.27. The number of nitrogens with zero attached hydrogens (tertiary/aromatic N) is 2. The second kappa shape index (κ2) is 9.06. The largest absolute Gasteiger partial charge is 0.494 e. The van der Waals surface area contributed by atoms with Crippen LogP contribution in [0.25, 0.3) is 0 Å². The fourth-order valence-corrected chi connectivity index (χ4v) is 2.66. The molecule has 0 N–H and O–H groups in total. The van der Waals surface area contributed by atoms with E-state index < -0.39 is 0 Å². The first-order chi connectivity index (χ1) is 10.3. The summed E-state index contributed by atoms with van der Waals surface area (Å²) < 4.78 is 5.70. The van der Waals surface area contributed by atoms with E-state index in [9.17, 15) is 0 Å². The fraction of sp³-hybridized carbons (Fsp3) is 0.667. The number of aryl methyl sites for hydroxylation is 1. The molecule has 0 bridgehead atoms. The molecule has 1 saturated heterocycles. The predicted octanol–water partition coefficient (Wildman–Crippen LogP) is 3.05. The van der Waals surface area contributed by atoms with E-state index in [4.69, 9.17) is 4.74 Å². The summed E-state index contributed by atoms with van der Waals surface area (Å²) in [5, 5.41) is 0. The van der Waals surface area contributed by atoms with Gasteiger partial charge in [0.15, 0.2) is 0 Å². The Morgan fingerprint density at radius 1 is 1.00 bits per heavy atom. The zero-order valence-electron chi connectivity index (χ0n) is 13.7. The molecular formula is C18H30N2O. The highest BCUT2D eigenvalue weighted by Gasteiger charge is 2.12. The molecule has 1 aliphatic rings. The van der Waals surface area contributed by atoms with Crippen molar-refractivity contribution in [2.45, 2.75) is 32.6 Å². The van der Waals surface area contributed by atoms with E-state index in [1.807, 2.05) is 0 Å². The van der Waals surface area contributed by atoms with Crippen molar-refractivity contribution < 1.29 is 4.74 Å². The molecule has 1 heterocycles. The van der Waals surface area contributed by atoms with E-state index in [-0.39, 0.29) is 0 Å². The van der Waals surface area contributed by atoms with Crippen LogP contribution in [0.15, 0.2) is 24.3 Å². The van der Waals surface area contributed by atoms with E-state index in [0.29, 0.717) is 0 Å². The van der Waals surface area contributed by atoms with Gasteiger partial charge in [-0.05, 0) is 50.6 Å². The minimum absolute atomic E-state index is 0.833. The van der Waals surface area contributed by atoms with Crippen LogP contribution in [0, 0.1) is 0 Å². The Balaban J connectivity index is 1.64. The quantitative estimate of drug-likeness (QED) is 0.684. The van der Waals surface area contributed by atoms with Gasteiger partial charge in [0, 0.05) is 26.2 Å². The summed E-state index contributed by atoms with van der Waals surface area (Å²) >= 11 is 0. The van der Waals surface area contributed by atoms with Gasteiger partial charge in [-0.25, -0.2) is 0 Å². The first-order valence-electron chi connectivity index (χ1n) is 8.40. The molecule has 3 nitrogen and oxygen atoms in total. The maximum absolute atomic E-state index is 5.70. The first kappa shape index (κ1) is 16.3. The lowest BCUT2D eigenvalue weighted by Gasteiger charge is -2.32. The second-order valence-corrected chi connectivity index (χ2v) is 6.09. The molecule has 21 heavy (non-hydrogen) atoms. The number of hydrogen-bond donors (Lipinski definition) is 0. The molecule has 0 aliphatic carbocycles. The molecule has 0 atom stereocenters. The highest BCUT2D eigenvalue weighted by Crippen LogP contribution is 2.14. The summed E-state index contributed by atoms with van der Waals surface area (Å²) in [4.78, 5) is 5.00. The Morgan fingerprint density at radius 3 is 2.38 bits per heavy atom. The van der Waals surface area contributed by atoms with Crippen LogP contribution in [-0.2, 0) is 6.42 Å². The average Bonchev–Trinajstić information content (AvgIpc) is 2.51. The SMILES string of the molecule is CCCCOc1ccc(CCCN2CCN(C)CC2)cc1. The van der Waals surface area contributed by atoms with Crippen molar-refractivity contribution >= 4 is 0 Å². The van der Waals surface area contributed by atoms with Crippen LogP contribution in [-0.4, -0.2) is 56.2 Å². The number of ether oxygens (including phenoxy) is 1. The summed E-state index contributed by atoms with van der Waals surface area (Å²) in [5.41, 5.74) is 1.42. The van der Waals surface area contributed by atoms with Crippen molar-refractivity contribution in [1.29, 1.82) is 0 Å². The maximum atomic E-state index is 5.70. The van der Waals surface area contributed by atoms with Gasteiger partial charge in [-0.15, -0.1) is 0 Å². The van der Waals surface area contributed by atoms with Crippen LogP contribution in [0.1, 0.15) is 31.7 Å². The lowest BCUT2D eigenvalue weighted by Crippen LogP contribution is -2.44. The molecule has 2 rings (SSSR count). The van der Waals surface area contributed by atoms with Crippen molar-refractivity contribution in [2.24, 2.45) is 0 Å². The van der Waals surface area contributed by atoms with Crippen LogP contribution in [0.2, 0.25) is 0 Å². The van der Waals surface area contributed by atoms with Gasteiger partial charge in [-0.2, -0.15) is 0 Å². The Labute approximate surface area is 129 Å². The van der Waals surface area contributed by atoms with Crippen molar-refractivity contribution in [3.63, 3.8) is 0 Å². The van der Waals surface area contributed by atoms with E-state index in [1.165, 1.54) is 57.5 Å². The normalized spacial score (nSPS) is 17.0. The molecule has 3 heteroatoms. The number of piperazine rings is 1. The minimum atomic E-state index is 0.833. The summed E-state index contributed by atoms with van der Waals surface area (Å²) in [6.45, 7) is 9.11. The van der Waals surface area contributed by atoms with E-state index >= 15 is 0 Å². The summed E-state index contributed by atoms with van der Waals surface area (Å²) in [5.74, 6) is 1.01. The zero-order valence-corrected chi connectivity index (χ0v) is 13.7. The molecule has 0 spiro atoms. The monoisotopic (exact) mass is 290 g/mol. The van der Waals surface area contributed by atoms with Gasteiger partial charge < -0.3 is 14.5 Å². The molecule has 0 amide bonds. The van der Waals surface area contributed by atoms with Gasteiger partial charge in [0.2, 0.25) is 0 Å². The molecule has 0 radical (unpaired) electrons. The molecule has 0 unspecified atom stereocenters. The second-order valence-electron chi connectivity index (χ2n) is 6.09. The molecular weight excluding hydrogens is 260 g/mol. The van der Waals surface area contributed by atoms with Crippen molar-refractivity contribution in [2.75, 3.05) is 46.4 Å². The van der Waals surface area contributed by atoms with Gasteiger partial charge in [0.05, 0.1) is 6.61 Å². The van der Waals surface area contributed by atoms with E-state index in [0.717, 1.165) is 18.8 Å². The number of rotatable bonds is 8. The summed E-state index contributed by atoms with van der Waals surface area (Å²) in [7, 11) is 2.21. The lowest BCUT2D eigenvalue weighted by atomic mass is 10.1. The predicted molar refractivity (Wildman–Crippen MR) is 89.1 cm³/mol. The lowest BCUT2D eigenvalue weighted by molar-refractivity contribution is 0.153. The fourth-order valence-electron chi connectivity index (χ4n) is 2.66. The summed E-state index contributed by atoms with van der Waals surface area (Å²) in [6, 6.07) is 8.65. The zero-order chi connectivity index (χ0) is 14.9. The van der Waals surface area contributed by atoms with Crippen LogP contribution in [0.5, 0.6) is 5.75 Å². The Kier molecular flexibility index (Phi) is 7.04. The van der Waals surface area contributed by atoms with Crippen LogP contribution < -0.4 is 4.74 Å². The third kappa shape index (κ3) is 6.06. The van der Waals surface area contributed by atoms with Gasteiger partial charge in [-0.1, -0.05) is 25.5 Å². The average molecular weight is 290 g/mol. The molecule has 1 fully saturated rings. The molecule has 1 aromatic carbocycles. The first-order valence-corrected chi connectivity index (χ1v) is 8.40. The van der Waals surface area contributed by atoms with Crippen LogP contribution in [0.4, 0.5) is 0 Å². The van der Waals surface area contributed by atoms with Gasteiger partial charge in [0.25, 0.3) is 0 Å². The molecule has 1 aliphatic heterocycles. The standard InChI is InChI=1S/C18H30N2O/c1-3-4-16-21-18-9-7-17(8-10-18)6-5-11-20-14-12-19(2)13-15-20/h7-10H,3-6,11-16H2,1-2H3. The Morgan fingerprint density at radius 2 is 1.71 bits per heavy atom. The molecule has 0 aromatic heterocycles. The van der Waals surface area contributed by atoms with E-state index in [1.54, 1.807) is 0 Å². The third-order valence-corrected chi connectivity index (χ3v) is 4.23. The topological polar surface area (TPSA) is 15.7 Å². The Bertz CT molecular complexity index is 383. The maximum Gasteiger partial charge on any atom is 0.119 e. The number of benzene rings is 1. The molecule has 1 aromatic rings. The number of unbranched alkanes of at least 4 members (excludes halogenated alkanes) is 1. The minimum Gasteiger partial charge on any atom is -0.494 e. The number of likely N-dealkylation sites (N-methyl/N-ethyl adjacent to an activating group) is 1. The molecule has 0 saturated carbocycles. The third-order valence-electron chi connectivity index (χ3n) is 4.23. The van der Waals surface area contributed by atoms with Crippen LogP contribution >= 0.6 is 0 Å². The van der Waals surface area contributed by atoms with Crippen LogP contribution in [0.3, 0.4) is 0 Å². The smallest absolute Gasteiger partial charge is 0.119 e. The van der Waals surface area contributed by atoms with Gasteiger partial charge in [-0.3, -0.25) is 0 Å². The van der Waals surface area contributed by atoms with Crippen molar-refractivity contribution in [1.82, 2.24) is 9.80 Å². The van der Waals surface area contributed by atoms with Crippen molar-refractivity contribution in [3.05, 3.63) is 29.8 Å². The number of hydrogen-bond acceptors (Lipinski definition) is 3. The van der Waals surface area contributed by atoms with Crippen molar-refractivity contribution in [3.8, 4) is 5.75 Å². The van der Waals surface area contributed by atoms with Gasteiger partial charge in [0.1, 0.15) is 5.75 Å².